The number of aryl methyl sites for hydroxylation is 3. The Morgan fingerprint density at radius 2 is 1.66 bits per heavy atom. The van der Waals surface area contributed by atoms with E-state index in [0.717, 1.165) is 15.7 Å². The number of fused-ring (bicyclic) bond motifs is 1. The Hall–Kier alpha value is -4.67. The number of anilines is 2. The summed E-state index contributed by atoms with van der Waals surface area (Å²) in [6.45, 7) is 1.66. The number of carbonyl (C=O) groups excluding carboxylic acids is 2. The topological polar surface area (TPSA) is 132 Å². The summed E-state index contributed by atoms with van der Waals surface area (Å²) in [6, 6.07) is 14.0. The van der Waals surface area contributed by atoms with E-state index in [1.807, 2.05) is 25.1 Å². The van der Waals surface area contributed by atoms with Crippen molar-refractivity contribution in [1.82, 2.24) is 24.0 Å². The summed E-state index contributed by atoms with van der Waals surface area (Å²) in [4.78, 5) is 54.2. The van der Waals surface area contributed by atoms with Crippen LogP contribution in [0.25, 0.3) is 11.2 Å². The van der Waals surface area contributed by atoms with Gasteiger partial charge in [0, 0.05) is 32.0 Å². The van der Waals surface area contributed by atoms with Crippen molar-refractivity contribution in [3.05, 3.63) is 86.8 Å². The molecule has 0 radical (unpaired) electrons. The first kappa shape index (κ1) is 23.5. The highest BCUT2D eigenvalue weighted by Crippen LogP contribution is 2.13. The first-order valence-electron chi connectivity index (χ1n) is 10.8. The molecule has 2 aromatic heterocycles. The number of imidazole rings is 1. The minimum absolute atomic E-state index is 0.150. The quantitative estimate of drug-likeness (QED) is 0.391. The fraction of sp³-hybridized carbons (Fsp3) is 0.208. The number of nitrogens with one attached hydrogen (secondary N) is 3. The molecule has 0 unspecified atom stereocenters. The number of amides is 3. The molecule has 0 aliphatic heterocycles. The van der Waals surface area contributed by atoms with E-state index in [9.17, 15) is 19.2 Å². The number of hydrogen-bond acceptors (Lipinski definition) is 5. The van der Waals surface area contributed by atoms with Crippen LogP contribution >= 0.6 is 0 Å². The summed E-state index contributed by atoms with van der Waals surface area (Å²) in [6.07, 6.45) is 1.44. The van der Waals surface area contributed by atoms with Crippen molar-refractivity contribution >= 4 is 34.5 Å². The third-order valence-corrected chi connectivity index (χ3v) is 5.45. The zero-order chi connectivity index (χ0) is 25.1. The number of nitrogens with zero attached hydrogens (tertiary/aromatic N) is 4. The van der Waals surface area contributed by atoms with E-state index in [-0.39, 0.29) is 17.7 Å². The molecule has 0 saturated carbocycles. The lowest BCUT2D eigenvalue weighted by Crippen LogP contribution is -2.43. The molecule has 0 aliphatic carbocycles. The van der Waals surface area contributed by atoms with Gasteiger partial charge < -0.3 is 20.5 Å². The van der Waals surface area contributed by atoms with Gasteiger partial charge in [0.25, 0.3) is 5.56 Å². The Morgan fingerprint density at radius 1 is 0.971 bits per heavy atom. The molecule has 2 heterocycles. The molecule has 11 heteroatoms. The Morgan fingerprint density at radius 3 is 2.37 bits per heavy atom. The Labute approximate surface area is 200 Å². The van der Waals surface area contributed by atoms with Crippen molar-refractivity contribution in [3.63, 3.8) is 0 Å². The lowest BCUT2D eigenvalue weighted by molar-refractivity contribution is -0.121. The Bertz CT molecular complexity index is 1550. The highest BCUT2D eigenvalue weighted by atomic mass is 16.2. The van der Waals surface area contributed by atoms with Crippen molar-refractivity contribution in [2.75, 3.05) is 10.6 Å². The van der Waals surface area contributed by atoms with Crippen LogP contribution in [0.2, 0.25) is 0 Å². The minimum atomic E-state index is -0.623. The first-order valence-corrected chi connectivity index (χ1v) is 10.8. The van der Waals surface area contributed by atoms with Crippen LogP contribution in [0.5, 0.6) is 0 Å². The third-order valence-electron chi connectivity index (χ3n) is 5.45. The van der Waals surface area contributed by atoms with Crippen LogP contribution in [0.1, 0.15) is 11.1 Å². The van der Waals surface area contributed by atoms with Gasteiger partial charge in [-0.2, -0.15) is 0 Å². The number of rotatable bonds is 6. The number of carbonyl (C=O) groups is 2. The molecule has 35 heavy (non-hydrogen) atoms. The fourth-order valence-electron chi connectivity index (χ4n) is 3.71. The van der Waals surface area contributed by atoms with Crippen molar-refractivity contribution in [2.45, 2.75) is 20.0 Å². The van der Waals surface area contributed by atoms with Crippen LogP contribution < -0.4 is 27.2 Å². The van der Waals surface area contributed by atoms with E-state index < -0.39 is 29.7 Å². The molecule has 180 valence electrons. The van der Waals surface area contributed by atoms with Crippen molar-refractivity contribution in [1.29, 1.82) is 0 Å². The van der Waals surface area contributed by atoms with Crippen molar-refractivity contribution < 1.29 is 9.59 Å². The average molecular weight is 476 g/mol. The van der Waals surface area contributed by atoms with Gasteiger partial charge in [0.1, 0.15) is 6.54 Å². The van der Waals surface area contributed by atoms with Crippen LogP contribution in [0.15, 0.2) is 64.4 Å². The van der Waals surface area contributed by atoms with Crippen LogP contribution in [0.4, 0.5) is 16.2 Å². The zero-order valence-electron chi connectivity index (χ0n) is 19.5. The molecule has 11 nitrogen and oxygen atoms in total. The summed E-state index contributed by atoms with van der Waals surface area (Å²) in [5.74, 6) is -0.499. The smallest absolute Gasteiger partial charge is 0.332 e. The van der Waals surface area contributed by atoms with Gasteiger partial charge in [-0.1, -0.05) is 24.3 Å². The molecule has 4 aromatic rings. The number of benzene rings is 2. The first-order chi connectivity index (χ1) is 16.7. The number of hydrogen-bond donors (Lipinski definition) is 3. The van der Waals surface area contributed by atoms with Crippen molar-refractivity contribution in [3.8, 4) is 0 Å². The highest BCUT2D eigenvalue weighted by molar-refractivity contribution is 5.99. The van der Waals surface area contributed by atoms with Gasteiger partial charge in [-0.05, 0) is 42.3 Å². The van der Waals surface area contributed by atoms with Crippen LogP contribution in [0, 0.1) is 6.92 Å². The van der Waals surface area contributed by atoms with E-state index in [4.69, 9.17) is 0 Å². The maximum Gasteiger partial charge on any atom is 0.332 e. The van der Waals surface area contributed by atoms with Gasteiger partial charge in [-0.3, -0.25) is 14.2 Å². The molecule has 3 amide bonds. The number of aromatic nitrogens is 4. The second-order valence-electron chi connectivity index (χ2n) is 8.19. The number of urea groups is 1. The molecule has 0 atom stereocenters. The third kappa shape index (κ3) is 5.13. The standard InChI is InChI=1S/C24H25N7O4/c1-15-6-4-8-17(10-15)27-23(34)28-18-9-5-7-16(11-18)12-25-19(32)13-31-22(33)20-21(26-14-29(20)2)30(3)24(31)35/h4-11,14H,12-13H2,1-3H3,(H,25,32)(H2,27,28,34). The van der Waals surface area contributed by atoms with Gasteiger partial charge in [0.15, 0.2) is 11.2 Å². The molecule has 0 bridgehead atoms. The van der Waals surface area contributed by atoms with Crippen molar-refractivity contribution in [2.24, 2.45) is 14.1 Å². The van der Waals surface area contributed by atoms with E-state index in [1.165, 1.54) is 22.5 Å². The second kappa shape index (κ2) is 9.67. The molecular formula is C24H25N7O4. The molecule has 4 rings (SSSR count). The maximum atomic E-state index is 12.8. The van der Waals surface area contributed by atoms with Crippen LogP contribution in [0.3, 0.4) is 0 Å². The molecule has 0 saturated heterocycles. The van der Waals surface area contributed by atoms with Crippen LogP contribution in [-0.2, 0) is 32.0 Å². The van der Waals surface area contributed by atoms with E-state index >= 15 is 0 Å². The lowest BCUT2D eigenvalue weighted by Gasteiger charge is -2.11. The van der Waals surface area contributed by atoms with Gasteiger partial charge in [0.05, 0.1) is 6.33 Å². The summed E-state index contributed by atoms with van der Waals surface area (Å²) in [5.41, 5.74) is 2.28. The van der Waals surface area contributed by atoms with E-state index in [2.05, 4.69) is 20.9 Å². The molecule has 0 aliphatic rings. The molecule has 0 fully saturated rings. The monoisotopic (exact) mass is 475 g/mol. The average Bonchev–Trinajstić information content (AvgIpc) is 3.21. The summed E-state index contributed by atoms with van der Waals surface area (Å²) in [7, 11) is 3.15. The van der Waals surface area contributed by atoms with Gasteiger partial charge in [0.2, 0.25) is 5.91 Å². The highest BCUT2D eigenvalue weighted by Gasteiger charge is 2.17. The summed E-state index contributed by atoms with van der Waals surface area (Å²) < 4.78 is 3.63. The van der Waals surface area contributed by atoms with E-state index in [1.54, 1.807) is 37.4 Å². The zero-order valence-corrected chi connectivity index (χ0v) is 19.5. The predicted molar refractivity (Wildman–Crippen MR) is 132 cm³/mol. The normalized spacial score (nSPS) is 10.8. The summed E-state index contributed by atoms with van der Waals surface area (Å²) in [5, 5.41) is 8.23. The second-order valence-corrected chi connectivity index (χ2v) is 8.19. The Balaban J connectivity index is 1.40. The van der Waals surface area contributed by atoms with Gasteiger partial charge in [-0.15, -0.1) is 0 Å². The lowest BCUT2D eigenvalue weighted by atomic mass is 10.2. The molecule has 0 spiro atoms. The molecule has 3 N–H and O–H groups in total. The van der Waals surface area contributed by atoms with E-state index in [0.29, 0.717) is 11.4 Å². The SMILES string of the molecule is Cc1cccc(NC(=O)Nc2cccc(CNC(=O)Cn3c(=O)c4c(ncn4C)n(C)c3=O)c2)c1. The fourth-order valence-corrected chi connectivity index (χ4v) is 3.71. The summed E-state index contributed by atoms with van der Waals surface area (Å²) >= 11 is 0. The van der Waals surface area contributed by atoms with Gasteiger partial charge in [-0.25, -0.2) is 19.1 Å². The predicted octanol–water partition coefficient (Wildman–Crippen LogP) is 1.70. The van der Waals surface area contributed by atoms with Gasteiger partial charge >= 0.3 is 11.7 Å². The molecular weight excluding hydrogens is 450 g/mol. The Kier molecular flexibility index (Phi) is 6.49. The minimum Gasteiger partial charge on any atom is -0.350 e. The maximum absolute atomic E-state index is 12.8. The largest absolute Gasteiger partial charge is 0.350 e. The van der Waals surface area contributed by atoms with Crippen LogP contribution in [-0.4, -0.2) is 30.6 Å². The molecule has 2 aromatic carbocycles.